The third-order valence-corrected chi connectivity index (χ3v) is 1.56. The maximum atomic E-state index is 4.90. The molecule has 0 saturated heterocycles. The van der Waals surface area contributed by atoms with Gasteiger partial charge in [0.25, 0.3) is 0 Å². The molecule has 0 radical (unpaired) electrons. The number of nitrogens with zero attached hydrogens (tertiary/aromatic N) is 1. The van der Waals surface area contributed by atoms with E-state index in [1.165, 1.54) is 5.56 Å². The summed E-state index contributed by atoms with van der Waals surface area (Å²) in [5.41, 5.74) is 1.25. The number of ether oxygens (including phenoxy) is 1. The average Bonchev–Trinajstić information content (AvgIpc) is 2.14. The molecule has 1 heterocycles. The van der Waals surface area contributed by atoms with E-state index in [0.29, 0.717) is 0 Å². The highest BCUT2D eigenvalue weighted by atomic mass is 16.5. The van der Waals surface area contributed by atoms with Crippen molar-refractivity contribution in [2.75, 3.05) is 20.3 Å². The summed E-state index contributed by atoms with van der Waals surface area (Å²) in [4.78, 5) is 3.94. The number of nitrogens with one attached hydrogen (secondary N) is 1. The highest BCUT2D eigenvalue weighted by Crippen LogP contribution is 1.93. The quantitative estimate of drug-likeness (QED) is 0.657. The first kappa shape index (κ1) is 9.16. The number of pyridine rings is 1. The lowest BCUT2D eigenvalue weighted by atomic mass is 10.3. The van der Waals surface area contributed by atoms with Gasteiger partial charge in [-0.2, -0.15) is 0 Å². The van der Waals surface area contributed by atoms with Crippen LogP contribution in [-0.4, -0.2) is 25.2 Å². The van der Waals surface area contributed by atoms with E-state index in [-0.39, 0.29) is 0 Å². The second kappa shape index (κ2) is 5.69. The van der Waals surface area contributed by atoms with Crippen LogP contribution in [0.15, 0.2) is 24.5 Å². The molecular formula is C9H14N2O. The van der Waals surface area contributed by atoms with Crippen molar-refractivity contribution in [1.82, 2.24) is 10.3 Å². The van der Waals surface area contributed by atoms with Crippen LogP contribution in [0.1, 0.15) is 5.56 Å². The van der Waals surface area contributed by atoms with Gasteiger partial charge in [-0.1, -0.05) is 0 Å². The predicted octanol–water partition coefficient (Wildman–Crippen LogP) is 0.818. The van der Waals surface area contributed by atoms with E-state index in [1.54, 1.807) is 19.5 Å². The largest absolute Gasteiger partial charge is 0.383 e. The Morgan fingerprint density at radius 3 is 2.83 bits per heavy atom. The van der Waals surface area contributed by atoms with Crippen molar-refractivity contribution in [2.24, 2.45) is 0 Å². The zero-order valence-electron chi connectivity index (χ0n) is 7.29. The van der Waals surface area contributed by atoms with Crippen molar-refractivity contribution < 1.29 is 4.74 Å². The minimum absolute atomic E-state index is 0.755. The van der Waals surface area contributed by atoms with Gasteiger partial charge in [-0.15, -0.1) is 0 Å². The summed E-state index contributed by atoms with van der Waals surface area (Å²) in [7, 11) is 1.70. The Balaban J connectivity index is 2.16. The molecule has 0 saturated carbocycles. The van der Waals surface area contributed by atoms with Crippen LogP contribution in [0.2, 0.25) is 0 Å². The summed E-state index contributed by atoms with van der Waals surface area (Å²) < 4.78 is 4.90. The van der Waals surface area contributed by atoms with Gasteiger partial charge in [0.1, 0.15) is 0 Å². The van der Waals surface area contributed by atoms with Gasteiger partial charge in [0, 0.05) is 32.6 Å². The molecule has 0 aliphatic heterocycles. The normalized spacial score (nSPS) is 10.1. The molecule has 0 atom stereocenters. The molecule has 3 nitrogen and oxygen atoms in total. The molecule has 1 rings (SSSR count). The number of methoxy groups -OCH3 is 1. The summed E-state index contributed by atoms with van der Waals surface area (Å²) in [6.07, 6.45) is 3.60. The second-order valence-electron chi connectivity index (χ2n) is 2.53. The lowest BCUT2D eigenvalue weighted by molar-refractivity contribution is 0.199. The van der Waals surface area contributed by atoms with E-state index in [2.05, 4.69) is 10.3 Å². The van der Waals surface area contributed by atoms with Crippen molar-refractivity contribution in [1.29, 1.82) is 0 Å². The Morgan fingerprint density at radius 2 is 2.17 bits per heavy atom. The summed E-state index contributed by atoms with van der Waals surface area (Å²) in [6, 6.07) is 4.00. The fourth-order valence-electron chi connectivity index (χ4n) is 0.908. The number of rotatable bonds is 5. The molecule has 0 aliphatic rings. The van der Waals surface area contributed by atoms with E-state index in [1.807, 2.05) is 12.1 Å². The fraction of sp³-hybridized carbons (Fsp3) is 0.444. The maximum Gasteiger partial charge on any atom is 0.0587 e. The molecule has 3 heteroatoms. The summed E-state index contributed by atoms with van der Waals surface area (Å²) in [5.74, 6) is 0. The van der Waals surface area contributed by atoms with Crippen LogP contribution < -0.4 is 5.32 Å². The first-order valence-corrected chi connectivity index (χ1v) is 4.02. The van der Waals surface area contributed by atoms with E-state index >= 15 is 0 Å². The van der Waals surface area contributed by atoms with Crippen LogP contribution in [-0.2, 0) is 11.3 Å². The molecule has 0 aromatic carbocycles. The average molecular weight is 166 g/mol. The van der Waals surface area contributed by atoms with Crippen LogP contribution >= 0.6 is 0 Å². The van der Waals surface area contributed by atoms with Crippen LogP contribution in [0.3, 0.4) is 0 Å². The van der Waals surface area contributed by atoms with Crippen molar-refractivity contribution >= 4 is 0 Å². The zero-order valence-corrected chi connectivity index (χ0v) is 7.29. The third-order valence-electron chi connectivity index (χ3n) is 1.56. The summed E-state index contributed by atoms with van der Waals surface area (Å²) in [5, 5.41) is 3.25. The van der Waals surface area contributed by atoms with Gasteiger partial charge in [0.2, 0.25) is 0 Å². The molecular weight excluding hydrogens is 152 g/mol. The van der Waals surface area contributed by atoms with E-state index in [4.69, 9.17) is 4.74 Å². The summed E-state index contributed by atoms with van der Waals surface area (Å²) >= 11 is 0. The van der Waals surface area contributed by atoms with Crippen LogP contribution in [0.25, 0.3) is 0 Å². The first-order chi connectivity index (χ1) is 5.93. The number of hydrogen-bond donors (Lipinski definition) is 1. The van der Waals surface area contributed by atoms with E-state index in [9.17, 15) is 0 Å². The standard InChI is InChI=1S/C9H14N2O/c1-12-7-6-11-8-9-2-4-10-5-3-9/h2-5,11H,6-8H2,1H3. The van der Waals surface area contributed by atoms with Gasteiger partial charge >= 0.3 is 0 Å². The fourth-order valence-corrected chi connectivity index (χ4v) is 0.908. The van der Waals surface area contributed by atoms with Crippen LogP contribution in [0.5, 0.6) is 0 Å². The maximum absolute atomic E-state index is 4.90. The monoisotopic (exact) mass is 166 g/mol. The minimum Gasteiger partial charge on any atom is -0.383 e. The van der Waals surface area contributed by atoms with Gasteiger partial charge in [0.15, 0.2) is 0 Å². The predicted molar refractivity (Wildman–Crippen MR) is 47.8 cm³/mol. The number of aromatic nitrogens is 1. The van der Waals surface area contributed by atoms with Gasteiger partial charge < -0.3 is 10.1 Å². The first-order valence-electron chi connectivity index (χ1n) is 4.02. The summed E-state index contributed by atoms with van der Waals surface area (Å²) in [6.45, 7) is 2.52. The van der Waals surface area contributed by atoms with Gasteiger partial charge in [-0.25, -0.2) is 0 Å². The Kier molecular flexibility index (Phi) is 4.34. The lowest BCUT2D eigenvalue weighted by Crippen LogP contribution is -2.18. The highest BCUT2D eigenvalue weighted by molar-refractivity contribution is 5.08. The molecule has 0 unspecified atom stereocenters. The topological polar surface area (TPSA) is 34.1 Å². The Labute approximate surface area is 72.8 Å². The van der Waals surface area contributed by atoms with Crippen molar-refractivity contribution in [3.8, 4) is 0 Å². The molecule has 1 aromatic heterocycles. The number of hydrogen-bond acceptors (Lipinski definition) is 3. The molecule has 66 valence electrons. The third kappa shape index (κ3) is 3.46. The van der Waals surface area contributed by atoms with Crippen molar-refractivity contribution in [3.05, 3.63) is 30.1 Å². The van der Waals surface area contributed by atoms with Crippen LogP contribution in [0, 0.1) is 0 Å². The molecule has 0 spiro atoms. The van der Waals surface area contributed by atoms with Crippen molar-refractivity contribution in [3.63, 3.8) is 0 Å². The van der Waals surface area contributed by atoms with Crippen LogP contribution in [0.4, 0.5) is 0 Å². The van der Waals surface area contributed by atoms with Gasteiger partial charge in [-0.3, -0.25) is 4.98 Å². The molecule has 0 aliphatic carbocycles. The molecule has 0 amide bonds. The minimum atomic E-state index is 0.755. The Hall–Kier alpha value is -0.930. The molecule has 0 fully saturated rings. The Bertz CT molecular complexity index is 201. The second-order valence-corrected chi connectivity index (χ2v) is 2.53. The van der Waals surface area contributed by atoms with Gasteiger partial charge in [-0.05, 0) is 17.7 Å². The highest BCUT2D eigenvalue weighted by Gasteiger charge is 1.89. The molecule has 1 aromatic rings. The molecule has 1 N–H and O–H groups in total. The smallest absolute Gasteiger partial charge is 0.0587 e. The lowest BCUT2D eigenvalue weighted by Gasteiger charge is -2.02. The SMILES string of the molecule is COCCNCc1ccncc1. The molecule has 0 bridgehead atoms. The van der Waals surface area contributed by atoms with E-state index in [0.717, 1.165) is 19.7 Å². The van der Waals surface area contributed by atoms with Gasteiger partial charge in [0.05, 0.1) is 6.61 Å². The van der Waals surface area contributed by atoms with Crippen molar-refractivity contribution in [2.45, 2.75) is 6.54 Å². The zero-order chi connectivity index (χ0) is 8.65. The Morgan fingerprint density at radius 1 is 1.42 bits per heavy atom. The molecule has 12 heavy (non-hydrogen) atoms. The van der Waals surface area contributed by atoms with E-state index < -0.39 is 0 Å².